The fraction of sp³-hybridized carbons (Fsp3) is 0.529. The highest BCUT2D eigenvalue weighted by Crippen LogP contribution is 2.17. The third kappa shape index (κ3) is 4.00. The van der Waals surface area contributed by atoms with Gasteiger partial charge in [0.15, 0.2) is 0 Å². The van der Waals surface area contributed by atoms with Gasteiger partial charge in [-0.05, 0) is 44.2 Å². The van der Waals surface area contributed by atoms with Gasteiger partial charge in [-0.3, -0.25) is 4.79 Å². The van der Waals surface area contributed by atoms with Crippen LogP contribution in [-0.2, 0) is 4.74 Å². The molecule has 5 heteroatoms. The van der Waals surface area contributed by atoms with E-state index in [0.29, 0.717) is 25.6 Å². The molecule has 1 saturated heterocycles. The monoisotopic (exact) mass is 304 g/mol. The van der Waals surface area contributed by atoms with E-state index < -0.39 is 0 Å². The molecule has 0 aromatic heterocycles. The lowest BCUT2D eigenvalue weighted by Gasteiger charge is -2.31. The zero-order valence-electron chi connectivity index (χ0n) is 13.5. The van der Waals surface area contributed by atoms with Crippen LogP contribution in [0.1, 0.15) is 34.3 Å². The Bertz CT molecular complexity index is 549. The highest BCUT2D eigenvalue weighted by Gasteiger charge is 2.23. The molecule has 2 rings (SSSR count). The summed E-state index contributed by atoms with van der Waals surface area (Å²) in [7, 11) is 1.40. The van der Waals surface area contributed by atoms with E-state index in [4.69, 9.17) is 4.74 Å². The molecular weight excluding hydrogens is 280 g/mol. The Hall–Kier alpha value is -2.04. The van der Waals surface area contributed by atoms with Crippen molar-refractivity contribution in [1.29, 1.82) is 0 Å². The van der Waals surface area contributed by atoms with Gasteiger partial charge in [0.25, 0.3) is 5.91 Å². The number of carbonyl (C=O) groups excluding carboxylic acids is 2. The van der Waals surface area contributed by atoms with Crippen molar-refractivity contribution in [2.24, 2.45) is 5.92 Å². The molecule has 0 spiro atoms. The van der Waals surface area contributed by atoms with Gasteiger partial charge in [0, 0.05) is 25.2 Å². The van der Waals surface area contributed by atoms with Gasteiger partial charge in [-0.1, -0.05) is 17.7 Å². The zero-order valence-corrected chi connectivity index (χ0v) is 13.5. The summed E-state index contributed by atoms with van der Waals surface area (Å²) in [5, 5.41) is 3.02. The van der Waals surface area contributed by atoms with Gasteiger partial charge in [-0.25, -0.2) is 4.79 Å². The molecule has 0 atom stereocenters. The number of hydrogen-bond acceptors (Lipinski definition) is 3. The number of benzene rings is 1. The number of hydrogen-bond donors (Lipinski definition) is 1. The average molecular weight is 304 g/mol. The second-order valence-electron chi connectivity index (χ2n) is 5.93. The fourth-order valence-electron chi connectivity index (χ4n) is 2.76. The zero-order chi connectivity index (χ0) is 16.1. The maximum absolute atomic E-state index is 12.3. The third-order valence-electron chi connectivity index (χ3n) is 4.24. The maximum Gasteiger partial charge on any atom is 0.409 e. The van der Waals surface area contributed by atoms with Gasteiger partial charge in [-0.15, -0.1) is 0 Å². The highest BCUT2D eigenvalue weighted by atomic mass is 16.5. The molecule has 1 aliphatic heterocycles. The molecule has 1 aromatic carbocycles. The van der Waals surface area contributed by atoms with E-state index in [0.717, 1.165) is 29.5 Å². The topological polar surface area (TPSA) is 58.6 Å². The van der Waals surface area contributed by atoms with Gasteiger partial charge < -0.3 is 15.0 Å². The Kier molecular flexibility index (Phi) is 5.41. The first-order valence-corrected chi connectivity index (χ1v) is 7.69. The van der Waals surface area contributed by atoms with Crippen molar-refractivity contribution < 1.29 is 14.3 Å². The predicted octanol–water partition coefficient (Wildman–Crippen LogP) is 2.51. The molecule has 0 bridgehead atoms. The minimum absolute atomic E-state index is 0.0170. The molecule has 1 aromatic rings. The minimum atomic E-state index is -0.266. The summed E-state index contributed by atoms with van der Waals surface area (Å²) in [5.74, 6) is 0.395. The van der Waals surface area contributed by atoms with E-state index in [1.54, 1.807) is 4.90 Å². The summed E-state index contributed by atoms with van der Waals surface area (Å²) in [4.78, 5) is 25.4. The number of likely N-dealkylation sites (tertiary alicyclic amines) is 1. The molecule has 1 aliphatic rings. The standard InChI is InChI=1S/C17H24N2O3/c1-12-4-5-13(2)15(10-12)16(20)18-11-14-6-8-19(9-7-14)17(21)22-3/h4-5,10,14H,6-9,11H2,1-3H3,(H,18,20). The van der Waals surface area contributed by atoms with E-state index in [1.165, 1.54) is 7.11 Å². The first-order chi connectivity index (χ1) is 10.5. The number of piperidine rings is 1. The minimum Gasteiger partial charge on any atom is -0.453 e. The van der Waals surface area contributed by atoms with Crippen molar-refractivity contribution in [3.8, 4) is 0 Å². The van der Waals surface area contributed by atoms with Crippen LogP contribution in [0.4, 0.5) is 4.79 Å². The van der Waals surface area contributed by atoms with Crippen LogP contribution in [-0.4, -0.2) is 43.6 Å². The molecule has 2 amide bonds. The Labute approximate surface area is 131 Å². The van der Waals surface area contributed by atoms with E-state index >= 15 is 0 Å². The lowest BCUT2D eigenvalue weighted by atomic mass is 9.96. The summed E-state index contributed by atoms with van der Waals surface area (Å²) in [6.45, 7) is 5.97. The van der Waals surface area contributed by atoms with Crippen LogP contribution in [0.5, 0.6) is 0 Å². The Morgan fingerprint density at radius 3 is 2.59 bits per heavy atom. The number of aryl methyl sites for hydroxylation is 2. The van der Waals surface area contributed by atoms with Gasteiger partial charge >= 0.3 is 6.09 Å². The van der Waals surface area contributed by atoms with Crippen molar-refractivity contribution in [2.75, 3.05) is 26.7 Å². The summed E-state index contributed by atoms with van der Waals surface area (Å²) >= 11 is 0. The number of nitrogens with one attached hydrogen (secondary N) is 1. The number of amides is 2. The molecule has 0 unspecified atom stereocenters. The number of carbonyl (C=O) groups is 2. The molecule has 120 valence electrons. The SMILES string of the molecule is COC(=O)N1CCC(CNC(=O)c2cc(C)ccc2C)CC1. The Morgan fingerprint density at radius 1 is 1.27 bits per heavy atom. The summed E-state index contributed by atoms with van der Waals surface area (Å²) in [6.07, 6.45) is 1.52. The summed E-state index contributed by atoms with van der Waals surface area (Å²) in [6, 6.07) is 5.90. The first-order valence-electron chi connectivity index (χ1n) is 7.69. The normalized spacial score (nSPS) is 15.5. The van der Waals surface area contributed by atoms with Crippen molar-refractivity contribution in [1.82, 2.24) is 10.2 Å². The van der Waals surface area contributed by atoms with E-state index in [-0.39, 0.29) is 12.0 Å². The lowest BCUT2D eigenvalue weighted by Crippen LogP contribution is -2.41. The summed E-state index contributed by atoms with van der Waals surface area (Å²) in [5.41, 5.74) is 2.82. The van der Waals surface area contributed by atoms with Crippen molar-refractivity contribution >= 4 is 12.0 Å². The van der Waals surface area contributed by atoms with Gasteiger partial charge in [0.05, 0.1) is 7.11 Å². The van der Waals surface area contributed by atoms with Crippen LogP contribution in [0.2, 0.25) is 0 Å². The van der Waals surface area contributed by atoms with Crippen LogP contribution in [0.15, 0.2) is 18.2 Å². The first kappa shape index (κ1) is 16.3. The molecule has 1 fully saturated rings. The van der Waals surface area contributed by atoms with Crippen LogP contribution < -0.4 is 5.32 Å². The predicted molar refractivity (Wildman–Crippen MR) is 85.0 cm³/mol. The Morgan fingerprint density at radius 2 is 1.95 bits per heavy atom. The fourth-order valence-corrected chi connectivity index (χ4v) is 2.76. The van der Waals surface area contributed by atoms with E-state index in [1.807, 2.05) is 32.0 Å². The smallest absolute Gasteiger partial charge is 0.409 e. The van der Waals surface area contributed by atoms with E-state index in [2.05, 4.69) is 5.32 Å². The number of methoxy groups -OCH3 is 1. The molecule has 22 heavy (non-hydrogen) atoms. The van der Waals surface area contributed by atoms with E-state index in [9.17, 15) is 9.59 Å². The van der Waals surface area contributed by atoms with Gasteiger partial charge in [0.1, 0.15) is 0 Å². The Balaban J connectivity index is 1.83. The maximum atomic E-state index is 12.3. The molecule has 0 saturated carbocycles. The third-order valence-corrected chi connectivity index (χ3v) is 4.24. The highest BCUT2D eigenvalue weighted by molar-refractivity contribution is 5.95. The lowest BCUT2D eigenvalue weighted by molar-refractivity contribution is 0.0913. The molecule has 1 N–H and O–H groups in total. The number of rotatable bonds is 3. The van der Waals surface area contributed by atoms with Crippen LogP contribution in [0.3, 0.4) is 0 Å². The molecule has 1 heterocycles. The van der Waals surface area contributed by atoms with Gasteiger partial charge in [-0.2, -0.15) is 0 Å². The van der Waals surface area contributed by atoms with Gasteiger partial charge in [0.2, 0.25) is 0 Å². The number of ether oxygens (including phenoxy) is 1. The second kappa shape index (κ2) is 7.29. The van der Waals surface area contributed by atoms with Crippen molar-refractivity contribution in [3.63, 3.8) is 0 Å². The average Bonchev–Trinajstić information content (AvgIpc) is 2.54. The quantitative estimate of drug-likeness (QED) is 0.933. The largest absolute Gasteiger partial charge is 0.453 e. The number of nitrogens with zero attached hydrogens (tertiary/aromatic N) is 1. The van der Waals surface area contributed by atoms with Crippen LogP contribution >= 0.6 is 0 Å². The molecule has 0 aliphatic carbocycles. The van der Waals surface area contributed by atoms with Crippen molar-refractivity contribution in [3.05, 3.63) is 34.9 Å². The van der Waals surface area contributed by atoms with Crippen LogP contribution in [0, 0.1) is 19.8 Å². The molecule has 5 nitrogen and oxygen atoms in total. The second-order valence-corrected chi connectivity index (χ2v) is 5.93. The van der Waals surface area contributed by atoms with Crippen molar-refractivity contribution in [2.45, 2.75) is 26.7 Å². The summed E-state index contributed by atoms with van der Waals surface area (Å²) < 4.78 is 4.72. The molecular formula is C17H24N2O3. The molecule has 0 radical (unpaired) electrons. The van der Waals surface area contributed by atoms with Crippen LogP contribution in [0.25, 0.3) is 0 Å².